The lowest BCUT2D eigenvalue weighted by molar-refractivity contribution is -0.151. The van der Waals surface area contributed by atoms with E-state index in [0.29, 0.717) is 33.1 Å². The van der Waals surface area contributed by atoms with E-state index in [-0.39, 0.29) is 22.5 Å². The molecule has 0 bridgehead atoms. The van der Waals surface area contributed by atoms with Gasteiger partial charge in [-0.2, -0.15) is 0 Å². The second-order valence-electron chi connectivity index (χ2n) is 9.64. The minimum atomic E-state index is -1.26. The molecule has 0 spiro atoms. The molecule has 4 aromatic rings. The van der Waals surface area contributed by atoms with Crippen LogP contribution in [0.3, 0.4) is 0 Å². The molecule has 0 radical (unpaired) electrons. The number of phenolic OH excluding ortho intramolecular Hbond substituents is 1. The molecule has 2 aliphatic rings. The number of thioether (sulfide) groups is 2. The maximum absolute atomic E-state index is 13.6. The second-order valence-corrected chi connectivity index (χ2v) is 12.1. The Bertz CT molecular complexity index is 1730. The first-order valence-corrected chi connectivity index (χ1v) is 14.8. The summed E-state index contributed by atoms with van der Waals surface area (Å²) in [5.74, 6) is -2.96. The van der Waals surface area contributed by atoms with E-state index in [1.807, 2.05) is 0 Å². The number of benzene rings is 2. The molecule has 6 N–H and O–H groups in total. The molecular weight excluding hydrogens is 598 g/mol. The molecule has 4 heterocycles. The number of nitrogens with zero attached hydrogens (tertiary/aromatic N) is 5. The fourth-order valence-electron chi connectivity index (χ4n) is 4.86. The quantitative estimate of drug-likeness (QED) is 0.115. The van der Waals surface area contributed by atoms with Crippen LogP contribution in [0.25, 0.3) is 11.0 Å². The molecule has 43 heavy (non-hydrogen) atoms. The third-order valence-corrected chi connectivity index (χ3v) is 9.31. The number of fused-ring (bicyclic) bond motifs is 2. The summed E-state index contributed by atoms with van der Waals surface area (Å²) in [6, 6.07) is 10.5. The zero-order valence-corrected chi connectivity index (χ0v) is 23.8. The topological polar surface area (TPSA) is 219 Å². The summed E-state index contributed by atoms with van der Waals surface area (Å²) in [6.07, 6.45) is 0. The number of imidazole rings is 1. The van der Waals surface area contributed by atoms with Gasteiger partial charge in [0, 0.05) is 11.0 Å². The number of H-pyrrole nitrogens is 2. The predicted octanol–water partition coefficient (Wildman–Crippen LogP) is 1.17. The molecule has 2 aromatic heterocycles. The number of nitrogens with one attached hydrogen (secondary N) is 4. The summed E-state index contributed by atoms with van der Waals surface area (Å²) in [5.41, 5.74) is 1.94. The Balaban J connectivity index is 1.21. The summed E-state index contributed by atoms with van der Waals surface area (Å²) in [5, 5.41) is 38.0. The van der Waals surface area contributed by atoms with Gasteiger partial charge < -0.3 is 25.8 Å². The normalized spacial score (nSPS) is 19.4. The van der Waals surface area contributed by atoms with E-state index in [4.69, 9.17) is 0 Å². The number of hydrogen-bond acceptors (Lipinski definition) is 11. The summed E-state index contributed by atoms with van der Waals surface area (Å²) in [7, 11) is 0. The zero-order valence-electron chi connectivity index (χ0n) is 22.2. The highest BCUT2D eigenvalue weighted by Gasteiger charge is 2.55. The number of carboxylic acids is 1. The van der Waals surface area contributed by atoms with Gasteiger partial charge in [-0.3, -0.25) is 19.3 Å². The van der Waals surface area contributed by atoms with Crippen LogP contribution in [0.1, 0.15) is 29.1 Å². The van der Waals surface area contributed by atoms with Gasteiger partial charge in [0.1, 0.15) is 28.9 Å². The van der Waals surface area contributed by atoms with Crippen LogP contribution in [0.4, 0.5) is 0 Å². The number of tetrazole rings is 1. The first-order chi connectivity index (χ1) is 20.7. The molecule has 2 aromatic carbocycles. The number of β-lactam (4-membered cyclic amide) rings is 1. The van der Waals surface area contributed by atoms with Crippen molar-refractivity contribution in [1.82, 2.24) is 46.1 Å². The van der Waals surface area contributed by atoms with Crippen molar-refractivity contribution in [1.29, 1.82) is 0 Å². The first-order valence-electron chi connectivity index (χ1n) is 12.9. The van der Waals surface area contributed by atoms with E-state index in [2.05, 4.69) is 41.2 Å². The Morgan fingerprint density at radius 1 is 1.16 bits per heavy atom. The summed E-state index contributed by atoms with van der Waals surface area (Å²) >= 11 is 2.54. The van der Waals surface area contributed by atoms with Crippen LogP contribution in [0, 0.1) is 0 Å². The Morgan fingerprint density at radius 3 is 2.63 bits per heavy atom. The molecule has 4 atom stereocenters. The van der Waals surface area contributed by atoms with E-state index >= 15 is 0 Å². The van der Waals surface area contributed by atoms with Crippen LogP contribution in [0.5, 0.6) is 5.75 Å². The van der Waals surface area contributed by atoms with E-state index < -0.39 is 41.1 Å². The lowest BCUT2D eigenvalue weighted by atomic mass is 10.00. The van der Waals surface area contributed by atoms with Gasteiger partial charge in [0.15, 0.2) is 5.82 Å². The highest BCUT2D eigenvalue weighted by molar-refractivity contribution is 8.01. The largest absolute Gasteiger partial charge is 0.508 e. The summed E-state index contributed by atoms with van der Waals surface area (Å²) in [4.78, 5) is 60.7. The number of para-hydroxylation sites is 2. The number of carbonyl (C=O) groups is 4. The van der Waals surface area contributed by atoms with Crippen molar-refractivity contribution in [2.45, 2.75) is 34.8 Å². The molecule has 6 rings (SSSR count). The van der Waals surface area contributed by atoms with Crippen LogP contribution in [-0.4, -0.2) is 91.8 Å². The Kier molecular flexibility index (Phi) is 7.49. The molecule has 0 saturated carbocycles. The van der Waals surface area contributed by atoms with Crippen molar-refractivity contribution >= 4 is 58.2 Å². The molecule has 3 amide bonds. The maximum atomic E-state index is 13.6. The lowest BCUT2D eigenvalue weighted by Crippen LogP contribution is -2.71. The Labute approximate surface area is 250 Å². The van der Waals surface area contributed by atoms with Crippen molar-refractivity contribution < 1.29 is 29.4 Å². The molecule has 0 aliphatic carbocycles. The maximum Gasteiger partial charge on any atom is 0.352 e. The SMILES string of the molecule is CC(Sc1nnn[nH]1)C1=C(C(=O)O)N2C(=O)C(NC(=O)C(NC(=O)c3nc4ccccc4[nH]3)c3ccc(O)cc3)[C@@H]2SC1. The van der Waals surface area contributed by atoms with Crippen LogP contribution >= 0.6 is 23.5 Å². The minimum absolute atomic E-state index is 0.0108. The van der Waals surface area contributed by atoms with Gasteiger partial charge in [-0.25, -0.2) is 14.9 Å². The van der Waals surface area contributed by atoms with Gasteiger partial charge in [-0.15, -0.1) is 16.9 Å². The third-order valence-electron chi connectivity index (χ3n) is 6.97. The molecule has 15 nitrogen and oxygen atoms in total. The molecule has 1 saturated heterocycles. The monoisotopic (exact) mass is 621 g/mol. The average molecular weight is 622 g/mol. The molecular formula is C26H23N9O6S2. The molecule has 1 fully saturated rings. The number of aromatic amines is 2. The molecule has 2 aliphatic heterocycles. The van der Waals surface area contributed by atoms with E-state index in [1.165, 1.54) is 52.7 Å². The van der Waals surface area contributed by atoms with Gasteiger partial charge >= 0.3 is 5.97 Å². The Morgan fingerprint density at radius 2 is 1.93 bits per heavy atom. The standard InChI is InChI=1S/C26H23N9O6S2/c1-11(43-26-31-33-34-32-26)14-10-42-24-18(23(39)35(24)19(14)25(40)41)30-21(37)17(12-6-8-13(36)9-7-12)29-22(38)20-27-15-4-2-3-5-16(15)28-20/h2-9,11,17-18,24,36H,10H2,1H3,(H,27,28)(H,29,38)(H,30,37)(H,40,41)(H,31,32,33,34)/t11?,17?,18?,24-/m0/s1. The second kappa shape index (κ2) is 11.4. The van der Waals surface area contributed by atoms with Crippen LogP contribution in [0.2, 0.25) is 0 Å². The number of carbonyl (C=O) groups excluding carboxylic acids is 3. The smallest absolute Gasteiger partial charge is 0.352 e. The third kappa shape index (κ3) is 5.39. The van der Waals surface area contributed by atoms with Gasteiger partial charge in [-0.1, -0.05) is 36.0 Å². The van der Waals surface area contributed by atoms with Gasteiger partial charge in [-0.05, 0) is 52.8 Å². The number of hydrogen-bond donors (Lipinski definition) is 6. The van der Waals surface area contributed by atoms with E-state index in [1.54, 1.807) is 31.2 Å². The molecule has 17 heteroatoms. The number of phenols is 1. The lowest BCUT2D eigenvalue weighted by Gasteiger charge is -2.50. The van der Waals surface area contributed by atoms with Crippen molar-refractivity contribution in [3.8, 4) is 5.75 Å². The Hall–Kier alpha value is -4.90. The highest BCUT2D eigenvalue weighted by Crippen LogP contribution is 2.43. The summed E-state index contributed by atoms with van der Waals surface area (Å²) < 4.78 is 0. The number of carboxylic acid groups (broad SMARTS) is 1. The first kappa shape index (κ1) is 28.2. The van der Waals surface area contributed by atoms with Gasteiger partial charge in [0.2, 0.25) is 11.1 Å². The highest BCUT2D eigenvalue weighted by atomic mass is 32.2. The zero-order chi connectivity index (χ0) is 30.2. The van der Waals surface area contributed by atoms with Crippen LogP contribution < -0.4 is 10.6 Å². The van der Waals surface area contributed by atoms with Crippen molar-refractivity contribution in [2.75, 3.05) is 5.75 Å². The predicted molar refractivity (Wildman–Crippen MR) is 154 cm³/mol. The van der Waals surface area contributed by atoms with Crippen LogP contribution in [0.15, 0.2) is 65.0 Å². The average Bonchev–Trinajstić information content (AvgIpc) is 3.68. The van der Waals surface area contributed by atoms with Crippen LogP contribution in [-0.2, 0) is 14.4 Å². The fraction of sp³-hybridized carbons (Fsp3) is 0.231. The molecule has 3 unspecified atom stereocenters. The number of aromatic nitrogens is 6. The van der Waals surface area contributed by atoms with E-state index in [0.717, 1.165) is 0 Å². The molecule has 220 valence electrons. The minimum Gasteiger partial charge on any atom is -0.508 e. The number of aromatic hydroxyl groups is 1. The number of rotatable bonds is 9. The summed E-state index contributed by atoms with van der Waals surface area (Å²) in [6.45, 7) is 1.79. The van der Waals surface area contributed by atoms with Gasteiger partial charge in [0.25, 0.3) is 11.8 Å². The number of amides is 3. The van der Waals surface area contributed by atoms with Crippen molar-refractivity contribution in [2.24, 2.45) is 0 Å². The van der Waals surface area contributed by atoms with E-state index in [9.17, 15) is 29.4 Å². The van der Waals surface area contributed by atoms with Gasteiger partial charge in [0.05, 0.1) is 11.0 Å². The van der Waals surface area contributed by atoms with Crippen molar-refractivity contribution in [3.63, 3.8) is 0 Å². The fourth-order valence-corrected chi connectivity index (χ4v) is 7.28. The number of aliphatic carboxylic acids is 1. The van der Waals surface area contributed by atoms with Crippen molar-refractivity contribution in [3.05, 3.63) is 71.2 Å².